The second kappa shape index (κ2) is 6.44. The first kappa shape index (κ1) is 15.0. The van der Waals surface area contributed by atoms with Crippen molar-refractivity contribution < 1.29 is 9.18 Å². The molecule has 0 spiro atoms. The Morgan fingerprint density at radius 1 is 1.13 bits per heavy atom. The van der Waals surface area contributed by atoms with Gasteiger partial charge >= 0.3 is 0 Å². The zero-order chi connectivity index (χ0) is 16.2. The third kappa shape index (κ3) is 2.99. The van der Waals surface area contributed by atoms with Crippen LogP contribution in [0.2, 0.25) is 0 Å². The number of carbonyl (C=O) groups excluding carboxylic acids is 1. The van der Waals surface area contributed by atoms with E-state index >= 15 is 0 Å². The Morgan fingerprint density at radius 2 is 1.83 bits per heavy atom. The van der Waals surface area contributed by atoms with Gasteiger partial charge in [0.05, 0.1) is 23.1 Å². The van der Waals surface area contributed by atoms with E-state index in [1.807, 2.05) is 37.3 Å². The van der Waals surface area contributed by atoms with Crippen molar-refractivity contribution in [2.45, 2.75) is 6.92 Å². The maximum Gasteiger partial charge on any atom is 0.255 e. The van der Waals surface area contributed by atoms with Crippen molar-refractivity contribution in [3.63, 3.8) is 0 Å². The number of carbonyl (C=O) groups is 1. The lowest BCUT2D eigenvalue weighted by Crippen LogP contribution is -2.23. The monoisotopic (exact) mass is 309 g/mol. The lowest BCUT2D eigenvalue weighted by atomic mass is 10.1. The Labute approximate surface area is 133 Å². The van der Waals surface area contributed by atoms with Crippen molar-refractivity contribution >= 4 is 5.91 Å². The van der Waals surface area contributed by atoms with Gasteiger partial charge in [0.1, 0.15) is 5.82 Å². The number of aromatic nitrogens is 2. The van der Waals surface area contributed by atoms with E-state index in [-0.39, 0.29) is 11.7 Å². The Bertz CT molecular complexity index is 810. The van der Waals surface area contributed by atoms with Gasteiger partial charge in [0.2, 0.25) is 0 Å². The Hall–Kier alpha value is -2.95. The van der Waals surface area contributed by atoms with E-state index in [4.69, 9.17) is 0 Å². The quantitative estimate of drug-likeness (QED) is 0.802. The molecule has 0 bridgehead atoms. The topological polar surface area (TPSA) is 46.9 Å². The third-order valence-corrected chi connectivity index (χ3v) is 3.47. The number of hydrogen-bond acceptors (Lipinski definition) is 2. The van der Waals surface area contributed by atoms with Gasteiger partial charge in [-0.1, -0.05) is 30.3 Å². The molecule has 0 unspecified atom stereocenters. The van der Waals surface area contributed by atoms with Crippen molar-refractivity contribution in [2.75, 3.05) is 6.54 Å². The van der Waals surface area contributed by atoms with Gasteiger partial charge in [-0.15, -0.1) is 0 Å². The molecule has 1 aromatic heterocycles. The van der Waals surface area contributed by atoms with Gasteiger partial charge < -0.3 is 5.32 Å². The van der Waals surface area contributed by atoms with Gasteiger partial charge in [-0.25, -0.2) is 9.07 Å². The molecule has 0 aliphatic heterocycles. The summed E-state index contributed by atoms with van der Waals surface area (Å²) in [7, 11) is 0. The fraction of sp³-hybridized carbons (Fsp3) is 0.111. The van der Waals surface area contributed by atoms with Crippen LogP contribution in [-0.4, -0.2) is 22.2 Å². The standard InChI is InChI=1S/C18H16FN3O/c1-2-20-18(23)16-12-21-22(15-10-8-14(19)9-11-15)17(16)13-6-4-3-5-7-13/h3-12H,2H2,1H3,(H,20,23). The van der Waals surface area contributed by atoms with E-state index in [0.717, 1.165) is 5.56 Å². The van der Waals surface area contributed by atoms with Crippen molar-refractivity contribution in [3.05, 3.63) is 72.2 Å². The molecule has 1 N–H and O–H groups in total. The molecular weight excluding hydrogens is 293 g/mol. The van der Waals surface area contributed by atoms with Crippen LogP contribution in [0.15, 0.2) is 60.8 Å². The predicted octanol–water partition coefficient (Wildman–Crippen LogP) is 3.43. The van der Waals surface area contributed by atoms with Crippen LogP contribution in [0, 0.1) is 5.82 Å². The van der Waals surface area contributed by atoms with Gasteiger partial charge in [-0.05, 0) is 31.2 Å². The van der Waals surface area contributed by atoms with Crippen LogP contribution in [-0.2, 0) is 0 Å². The molecule has 1 amide bonds. The van der Waals surface area contributed by atoms with E-state index < -0.39 is 0 Å². The minimum Gasteiger partial charge on any atom is -0.352 e. The van der Waals surface area contributed by atoms with E-state index in [0.29, 0.717) is 23.5 Å². The first-order chi connectivity index (χ1) is 11.2. The summed E-state index contributed by atoms with van der Waals surface area (Å²) in [5, 5.41) is 7.12. The van der Waals surface area contributed by atoms with Gasteiger partial charge in [-0.3, -0.25) is 4.79 Å². The second-order valence-electron chi connectivity index (χ2n) is 5.02. The van der Waals surface area contributed by atoms with Crippen LogP contribution in [0.1, 0.15) is 17.3 Å². The molecule has 2 aromatic carbocycles. The molecule has 1 heterocycles. The van der Waals surface area contributed by atoms with Crippen molar-refractivity contribution in [3.8, 4) is 16.9 Å². The highest BCUT2D eigenvalue weighted by atomic mass is 19.1. The summed E-state index contributed by atoms with van der Waals surface area (Å²) in [5.41, 5.74) is 2.74. The number of halogens is 1. The Morgan fingerprint density at radius 3 is 2.48 bits per heavy atom. The largest absolute Gasteiger partial charge is 0.352 e. The zero-order valence-electron chi connectivity index (χ0n) is 12.7. The number of nitrogens with zero attached hydrogens (tertiary/aromatic N) is 2. The second-order valence-corrected chi connectivity index (χ2v) is 5.02. The average Bonchev–Trinajstić information content (AvgIpc) is 3.01. The highest BCUT2D eigenvalue weighted by Gasteiger charge is 2.19. The highest BCUT2D eigenvalue weighted by Crippen LogP contribution is 2.26. The fourth-order valence-electron chi connectivity index (χ4n) is 2.42. The van der Waals surface area contributed by atoms with Gasteiger partial charge in [0.25, 0.3) is 5.91 Å². The summed E-state index contributed by atoms with van der Waals surface area (Å²) in [5.74, 6) is -0.495. The molecule has 23 heavy (non-hydrogen) atoms. The van der Waals surface area contributed by atoms with Crippen LogP contribution in [0.5, 0.6) is 0 Å². The molecule has 0 saturated carbocycles. The van der Waals surface area contributed by atoms with Crippen molar-refractivity contribution in [1.29, 1.82) is 0 Å². The number of rotatable bonds is 4. The molecule has 0 atom stereocenters. The number of hydrogen-bond donors (Lipinski definition) is 1. The first-order valence-electron chi connectivity index (χ1n) is 7.38. The SMILES string of the molecule is CCNC(=O)c1cnn(-c2ccc(F)cc2)c1-c1ccccc1. The summed E-state index contributed by atoms with van der Waals surface area (Å²) >= 11 is 0. The molecule has 0 radical (unpaired) electrons. The molecule has 0 saturated heterocycles. The molecule has 4 nitrogen and oxygen atoms in total. The molecule has 0 fully saturated rings. The lowest BCUT2D eigenvalue weighted by molar-refractivity contribution is 0.0956. The summed E-state index contributed by atoms with van der Waals surface area (Å²) in [6.45, 7) is 2.40. The summed E-state index contributed by atoms with van der Waals surface area (Å²) in [6, 6.07) is 15.6. The van der Waals surface area contributed by atoms with Crippen molar-refractivity contribution in [1.82, 2.24) is 15.1 Å². The van der Waals surface area contributed by atoms with E-state index in [1.54, 1.807) is 16.8 Å². The van der Waals surface area contributed by atoms with Gasteiger partial charge in [0.15, 0.2) is 0 Å². The van der Waals surface area contributed by atoms with E-state index in [1.165, 1.54) is 18.3 Å². The number of amides is 1. The maximum absolute atomic E-state index is 13.2. The molecule has 0 aliphatic rings. The average molecular weight is 309 g/mol. The predicted molar refractivity (Wildman–Crippen MR) is 87.0 cm³/mol. The summed E-state index contributed by atoms with van der Waals surface area (Å²) < 4.78 is 14.8. The van der Waals surface area contributed by atoms with E-state index in [2.05, 4.69) is 10.4 Å². The fourth-order valence-corrected chi connectivity index (χ4v) is 2.42. The molecule has 5 heteroatoms. The zero-order valence-corrected chi connectivity index (χ0v) is 12.7. The number of nitrogens with one attached hydrogen (secondary N) is 1. The lowest BCUT2D eigenvalue weighted by Gasteiger charge is -2.10. The number of benzene rings is 2. The Balaban J connectivity index is 2.17. The molecule has 116 valence electrons. The molecule has 3 rings (SSSR count). The third-order valence-electron chi connectivity index (χ3n) is 3.47. The van der Waals surface area contributed by atoms with E-state index in [9.17, 15) is 9.18 Å². The minimum atomic E-state index is -0.314. The van der Waals surface area contributed by atoms with Crippen molar-refractivity contribution in [2.24, 2.45) is 0 Å². The van der Waals surface area contributed by atoms with Crippen LogP contribution in [0.4, 0.5) is 4.39 Å². The van der Waals surface area contributed by atoms with Gasteiger partial charge in [-0.2, -0.15) is 5.10 Å². The van der Waals surface area contributed by atoms with Crippen LogP contribution < -0.4 is 5.32 Å². The van der Waals surface area contributed by atoms with Crippen LogP contribution >= 0.6 is 0 Å². The summed E-state index contributed by atoms with van der Waals surface area (Å²) in [4.78, 5) is 12.3. The van der Waals surface area contributed by atoms with Crippen LogP contribution in [0.3, 0.4) is 0 Å². The van der Waals surface area contributed by atoms with Crippen LogP contribution in [0.25, 0.3) is 16.9 Å². The maximum atomic E-state index is 13.2. The first-order valence-corrected chi connectivity index (χ1v) is 7.38. The Kier molecular flexibility index (Phi) is 4.19. The molecular formula is C18H16FN3O. The molecule has 3 aromatic rings. The smallest absolute Gasteiger partial charge is 0.255 e. The summed E-state index contributed by atoms with van der Waals surface area (Å²) in [6.07, 6.45) is 1.54. The van der Waals surface area contributed by atoms with Gasteiger partial charge in [0, 0.05) is 12.1 Å². The normalized spacial score (nSPS) is 10.5. The highest BCUT2D eigenvalue weighted by molar-refractivity contribution is 6.00. The minimum absolute atomic E-state index is 0.181. The molecule has 0 aliphatic carbocycles.